The lowest BCUT2D eigenvalue weighted by atomic mass is 10.1. The van der Waals surface area contributed by atoms with E-state index in [9.17, 15) is 0 Å². The highest BCUT2D eigenvalue weighted by Gasteiger charge is 2.14. The van der Waals surface area contributed by atoms with E-state index >= 15 is 0 Å². The van der Waals surface area contributed by atoms with Gasteiger partial charge in [-0.3, -0.25) is 0 Å². The second-order valence-electron chi connectivity index (χ2n) is 7.65. The van der Waals surface area contributed by atoms with Gasteiger partial charge in [0, 0.05) is 13.1 Å². The number of benzene rings is 3. The zero-order chi connectivity index (χ0) is 22.9. The summed E-state index contributed by atoms with van der Waals surface area (Å²) in [5.41, 5.74) is 5.94. The Bertz CT molecular complexity index is 981. The van der Waals surface area contributed by atoms with Gasteiger partial charge in [-0.25, -0.2) is 4.99 Å². The Morgan fingerprint density at radius 2 is 1.31 bits per heavy atom. The lowest BCUT2D eigenvalue weighted by Crippen LogP contribution is -2.28. The fourth-order valence-corrected chi connectivity index (χ4v) is 4.06. The van der Waals surface area contributed by atoms with Gasteiger partial charge in [-0.1, -0.05) is 49.0 Å². The smallest absolute Gasteiger partial charge is 0.164 e. The number of rotatable bonds is 8. The Balaban J connectivity index is 1.95. The summed E-state index contributed by atoms with van der Waals surface area (Å²) in [7, 11) is 3.38. The van der Waals surface area contributed by atoms with Crippen LogP contribution in [0.2, 0.25) is 0 Å². The van der Waals surface area contributed by atoms with E-state index in [0.717, 1.165) is 41.2 Å². The van der Waals surface area contributed by atoms with Gasteiger partial charge in [0.15, 0.2) is 5.17 Å². The Labute approximate surface area is 196 Å². The zero-order valence-electron chi connectivity index (χ0n) is 19.6. The minimum atomic E-state index is 0.757. The number of ether oxygens (including phenoxy) is 2. The van der Waals surface area contributed by atoms with Crippen LogP contribution in [0.15, 0.2) is 71.7 Å². The molecule has 3 rings (SSSR count). The van der Waals surface area contributed by atoms with E-state index in [1.807, 2.05) is 24.3 Å². The fourth-order valence-electron chi connectivity index (χ4n) is 3.32. The van der Waals surface area contributed by atoms with Crippen molar-refractivity contribution in [1.29, 1.82) is 0 Å². The molecule has 0 aliphatic heterocycles. The number of hydrogen-bond acceptors (Lipinski definition) is 4. The number of amidine groups is 1. The summed E-state index contributed by atoms with van der Waals surface area (Å²) in [6.45, 7) is 7.94. The van der Waals surface area contributed by atoms with Gasteiger partial charge in [-0.2, -0.15) is 0 Å². The highest BCUT2D eigenvalue weighted by molar-refractivity contribution is 8.13. The van der Waals surface area contributed by atoms with Crippen LogP contribution in [0.4, 0.5) is 5.69 Å². The summed E-state index contributed by atoms with van der Waals surface area (Å²) in [6, 6.07) is 22.9. The van der Waals surface area contributed by atoms with E-state index in [0.29, 0.717) is 0 Å². The van der Waals surface area contributed by atoms with Gasteiger partial charge in [0.2, 0.25) is 0 Å². The van der Waals surface area contributed by atoms with Gasteiger partial charge in [-0.15, -0.1) is 0 Å². The van der Waals surface area contributed by atoms with Crippen LogP contribution >= 0.6 is 11.8 Å². The molecule has 0 atom stereocenters. The SMILES string of the molecule is CCSC(=Nc1ccc(C)c(C)c1)N(Cc1ccc(OC)cc1)Cc1ccc(OC)cc1. The van der Waals surface area contributed by atoms with Crippen LogP contribution in [0.25, 0.3) is 0 Å². The Morgan fingerprint density at radius 1 is 0.781 bits per heavy atom. The van der Waals surface area contributed by atoms with Crippen molar-refractivity contribution in [3.05, 3.63) is 89.0 Å². The maximum absolute atomic E-state index is 5.32. The van der Waals surface area contributed by atoms with Gasteiger partial charge >= 0.3 is 0 Å². The maximum atomic E-state index is 5.32. The largest absolute Gasteiger partial charge is 0.497 e. The van der Waals surface area contributed by atoms with Gasteiger partial charge in [0.25, 0.3) is 0 Å². The van der Waals surface area contributed by atoms with Crippen molar-refractivity contribution in [3.8, 4) is 11.5 Å². The number of thioether (sulfide) groups is 1. The number of aryl methyl sites for hydroxylation is 2. The number of nitrogens with zero attached hydrogens (tertiary/aromatic N) is 2. The van der Waals surface area contributed by atoms with Crippen LogP contribution in [0.5, 0.6) is 11.5 Å². The third-order valence-electron chi connectivity index (χ3n) is 5.32. The molecule has 3 aromatic carbocycles. The second kappa shape index (κ2) is 11.6. The summed E-state index contributed by atoms with van der Waals surface area (Å²) in [6.07, 6.45) is 0. The molecule has 0 spiro atoms. The Hall–Kier alpha value is -2.92. The number of aliphatic imine (C=N–C) groups is 1. The minimum absolute atomic E-state index is 0.757. The van der Waals surface area contributed by atoms with Crippen molar-refractivity contribution < 1.29 is 9.47 Å². The van der Waals surface area contributed by atoms with Crippen LogP contribution in [0.1, 0.15) is 29.2 Å². The first-order valence-electron chi connectivity index (χ1n) is 10.8. The Morgan fingerprint density at radius 3 is 1.75 bits per heavy atom. The molecule has 168 valence electrons. The first-order chi connectivity index (χ1) is 15.5. The molecule has 0 aromatic heterocycles. The molecule has 0 N–H and O–H groups in total. The van der Waals surface area contributed by atoms with E-state index in [4.69, 9.17) is 14.5 Å². The van der Waals surface area contributed by atoms with Gasteiger partial charge in [0.05, 0.1) is 19.9 Å². The van der Waals surface area contributed by atoms with Gasteiger partial charge < -0.3 is 14.4 Å². The van der Waals surface area contributed by atoms with Crippen molar-refractivity contribution in [2.75, 3.05) is 20.0 Å². The average molecular weight is 449 g/mol. The molecule has 0 aliphatic carbocycles. The molecule has 0 saturated heterocycles. The standard InChI is InChI=1S/C27H32N2O2S/c1-6-32-27(28-24-12-7-20(2)21(3)17-24)29(18-22-8-13-25(30-4)14-9-22)19-23-10-15-26(31-5)16-11-23/h7-17H,6,18-19H2,1-5H3. The predicted octanol–water partition coefficient (Wildman–Crippen LogP) is 6.76. The molecule has 0 unspecified atom stereocenters. The first kappa shape index (κ1) is 23.7. The molecule has 4 nitrogen and oxygen atoms in total. The third-order valence-corrected chi connectivity index (χ3v) is 6.22. The van der Waals surface area contributed by atoms with E-state index in [1.165, 1.54) is 22.3 Å². The normalized spacial score (nSPS) is 11.3. The van der Waals surface area contributed by atoms with Gasteiger partial charge in [0.1, 0.15) is 11.5 Å². The molecule has 32 heavy (non-hydrogen) atoms. The summed E-state index contributed by atoms with van der Waals surface area (Å²) in [4.78, 5) is 7.41. The molecule has 3 aromatic rings. The lowest BCUT2D eigenvalue weighted by molar-refractivity contribution is 0.405. The molecule has 0 aliphatic rings. The second-order valence-corrected chi connectivity index (χ2v) is 8.88. The van der Waals surface area contributed by atoms with Crippen molar-refractivity contribution in [2.24, 2.45) is 4.99 Å². The molecule has 0 radical (unpaired) electrons. The Kier molecular flexibility index (Phi) is 8.63. The minimum Gasteiger partial charge on any atom is -0.497 e. The van der Waals surface area contributed by atoms with E-state index < -0.39 is 0 Å². The summed E-state index contributed by atoms with van der Waals surface area (Å²) in [5, 5.41) is 1.02. The highest BCUT2D eigenvalue weighted by Crippen LogP contribution is 2.24. The fraction of sp³-hybridized carbons (Fsp3) is 0.296. The molecule has 0 bridgehead atoms. The summed E-state index contributed by atoms with van der Waals surface area (Å²) >= 11 is 1.77. The quantitative estimate of drug-likeness (QED) is 0.281. The summed E-state index contributed by atoms with van der Waals surface area (Å²) < 4.78 is 10.6. The predicted molar refractivity (Wildman–Crippen MR) is 136 cm³/mol. The third kappa shape index (κ3) is 6.54. The van der Waals surface area contributed by atoms with Crippen molar-refractivity contribution in [3.63, 3.8) is 0 Å². The molecule has 0 amide bonds. The van der Waals surface area contributed by atoms with Crippen LogP contribution in [0, 0.1) is 13.8 Å². The van der Waals surface area contributed by atoms with Crippen molar-refractivity contribution >= 4 is 22.6 Å². The highest BCUT2D eigenvalue weighted by atomic mass is 32.2. The van der Waals surface area contributed by atoms with Crippen molar-refractivity contribution in [2.45, 2.75) is 33.9 Å². The van der Waals surface area contributed by atoms with Crippen LogP contribution < -0.4 is 9.47 Å². The van der Waals surface area contributed by atoms with Crippen molar-refractivity contribution in [1.82, 2.24) is 4.90 Å². The maximum Gasteiger partial charge on any atom is 0.164 e. The van der Waals surface area contributed by atoms with Crippen LogP contribution in [-0.4, -0.2) is 30.0 Å². The number of methoxy groups -OCH3 is 2. The average Bonchev–Trinajstić information content (AvgIpc) is 2.81. The van der Waals surface area contributed by atoms with Crippen LogP contribution in [-0.2, 0) is 13.1 Å². The molecule has 0 fully saturated rings. The van der Waals surface area contributed by atoms with Gasteiger partial charge in [-0.05, 0) is 78.3 Å². The zero-order valence-corrected chi connectivity index (χ0v) is 20.4. The summed E-state index contributed by atoms with van der Waals surface area (Å²) in [5.74, 6) is 2.68. The monoisotopic (exact) mass is 448 g/mol. The lowest BCUT2D eigenvalue weighted by Gasteiger charge is -2.26. The van der Waals surface area contributed by atoms with Crippen LogP contribution in [0.3, 0.4) is 0 Å². The molecule has 0 heterocycles. The topological polar surface area (TPSA) is 34.1 Å². The molecule has 5 heteroatoms. The first-order valence-corrected chi connectivity index (χ1v) is 11.8. The molecular weight excluding hydrogens is 416 g/mol. The number of hydrogen-bond donors (Lipinski definition) is 0. The molecule has 0 saturated carbocycles. The van der Waals surface area contributed by atoms with E-state index in [-0.39, 0.29) is 0 Å². The van der Waals surface area contributed by atoms with E-state index in [2.05, 4.69) is 68.1 Å². The molecular formula is C27H32N2O2S. The van der Waals surface area contributed by atoms with E-state index in [1.54, 1.807) is 26.0 Å².